The van der Waals surface area contributed by atoms with E-state index in [0.29, 0.717) is 11.3 Å². The van der Waals surface area contributed by atoms with Crippen molar-refractivity contribution in [2.75, 3.05) is 20.2 Å². The van der Waals surface area contributed by atoms with Gasteiger partial charge in [0.15, 0.2) is 0 Å². The Hall–Kier alpha value is -2.22. The minimum absolute atomic E-state index is 0.0910. The topological polar surface area (TPSA) is 62.4 Å². The van der Waals surface area contributed by atoms with E-state index < -0.39 is 17.5 Å². The lowest BCUT2D eigenvalue weighted by atomic mass is 9.97. The van der Waals surface area contributed by atoms with Crippen LogP contribution in [0.1, 0.15) is 27.4 Å². The van der Waals surface area contributed by atoms with Gasteiger partial charge < -0.3 is 10.1 Å². The van der Waals surface area contributed by atoms with Crippen molar-refractivity contribution in [1.82, 2.24) is 16.2 Å². The number of hydrogen-bond acceptors (Lipinski definition) is 4. The molecule has 8 heteroatoms. The van der Waals surface area contributed by atoms with E-state index >= 15 is 0 Å². The Morgan fingerprint density at radius 3 is 2.62 bits per heavy atom. The van der Waals surface area contributed by atoms with E-state index in [9.17, 15) is 13.6 Å². The molecule has 1 aliphatic rings. The van der Waals surface area contributed by atoms with Crippen LogP contribution in [-0.2, 0) is 6.54 Å². The van der Waals surface area contributed by atoms with Crippen LogP contribution in [0.4, 0.5) is 8.78 Å². The van der Waals surface area contributed by atoms with Crippen LogP contribution in [0.25, 0.3) is 0 Å². The molecule has 26 heavy (non-hydrogen) atoms. The Bertz CT molecular complexity index is 826. The molecule has 1 aliphatic heterocycles. The maximum atomic E-state index is 13.8. The fourth-order valence-electron chi connectivity index (χ4n) is 2.87. The number of ether oxygens (including phenoxy) is 1. The van der Waals surface area contributed by atoms with E-state index in [2.05, 4.69) is 16.2 Å². The zero-order valence-corrected chi connectivity index (χ0v) is 14.8. The molecule has 2 aromatic rings. The second-order valence-corrected chi connectivity index (χ2v) is 6.30. The summed E-state index contributed by atoms with van der Waals surface area (Å²) in [7, 11) is 1.54. The normalized spacial score (nSPS) is 14.5. The smallest absolute Gasteiger partial charge is 0.251 e. The van der Waals surface area contributed by atoms with Crippen molar-refractivity contribution >= 4 is 17.5 Å². The first-order chi connectivity index (χ1) is 12.5. The number of hydrogen-bond donors (Lipinski definition) is 3. The van der Waals surface area contributed by atoms with Crippen LogP contribution in [0.3, 0.4) is 0 Å². The molecule has 138 valence electrons. The number of benzene rings is 2. The fourth-order valence-corrected chi connectivity index (χ4v) is 3.09. The minimum Gasteiger partial charge on any atom is -0.496 e. The van der Waals surface area contributed by atoms with Gasteiger partial charge in [0.1, 0.15) is 17.4 Å². The maximum absolute atomic E-state index is 13.8. The summed E-state index contributed by atoms with van der Waals surface area (Å²) in [4.78, 5) is 12.4. The number of nitrogens with one attached hydrogen (secondary N) is 3. The molecule has 5 nitrogen and oxygen atoms in total. The molecular weight excluding hydrogens is 364 g/mol. The van der Waals surface area contributed by atoms with E-state index in [4.69, 9.17) is 16.3 Å². The Labute approximate surface area is 154 Å². The quantitative estimate of drug-likeness (QED) is 0.697. The lowest BCUT2D eigenvalue weighted by Crippen LogP contribution is -2.24. The molecule has 0 aliphatic carbocycles. The van der Waals surface area contributed by atoms with E-state index in [1.807, 2.05) is 6.07 Å². The zero-order chi connectivity index (χ0) is 18.7. The van der Waals surface area contributed by atoms with E-state index in [-0.39, 0.29) is 23.0 Å². The predicted octanol–water partition coefficient (Wildman–Crippen LogP) is 2.75. The van der Waals surface area contributed by atoms with Gasteiger partial charge >= 0.3 is 0 Å². The van der Waals surface area contributed by atoms with Crippen LogP contribution < -0.4 is 20.9 Å². The van der Waals surface area contributed by atoms with Crippen LogP contribution >= 0.6 is 11.6 Å². The number of hydrazine groups is 1. The van der Waals surface area contributed by atoms with Gasteiger partial charge in [-0.25, -0.2) is 8.78 Å². The summed E-state index contributed by atoms with van der Waals surface area (Å²) in [5, 5.41) is 2.22. The largest absolute Gasteiger partial charge is 0.496 e. The highest BCUT2D eigenvalue weighted by molar-refractivity contribution is 6.31. The highest BCUT2D eigenvalue weighted by Crippen LogP contribution is 2.29. The van der Waals surface area contributed by atoms with Gasteiger partial charge in [-0.3, -0.25) is 15.6 Å². The molecular formula is C18H18ClF2N3O2. The van der Waals surface area contributed by atoms with Crippen molar-refractivity contribution < 1.29 is 18.3 Å². The summed E-state index contributed by atoms with van der Waals surface area (Å²) in [6.07, 6.45) is 0. The third kappa shape index (κ3) is 3.80. The number of amides is 1. The van der Waals surface area contributed by atoms with E-state index in [0.717, 1.165) is 30.8 Å². The van der Waals surface area contributed by atoms with Crippen LogP contribution in [0, 0.1) is 11.6 Å². The predicted molar refractivity (Wildman–Crippen MR) is 94.3 cm³/mol. The van der Waals surface area contributed by atoms with Gasteiger partial charge in [0.25, 0.3) is 5.91 Å². The molecule has 0 bridgehead atoms. The number of halogens is 3. The van der Waals surface area contributed by atoms with E-state index in [1.54, 1.807) is 12.1 Å². The molecule has 0 radical (unpaired) electrons. The molecule has 1 saturated heterocycles. The SMILES string of the molecule is COc1cc(C(=O)NCc2c(F)ccc(F)c2Cl)ccc1C1CNNC1. The lowest BCUT2D eigenvalue weighted by Gasteiger charge is -2.15. The summed E-state index contributed by atoms with van der Waals surface area (Å²) < 4.78 is 32.7. The number of carbonyl (C=O) groups excluding carboxylic acids is 1. The molecule has 1 heterocycles. The molecule has 1 fully saturated rings. The zero-order valence-electron chi connectivity index (χ0n) is 14.0. The number of methoxy groups -OCH3 is 1. The third-order valence-electron chi connectivity index (χ3n) is 4.32. The number of rotatable bonds is 5. The maximum Gasteiger partial charge on any atom is 0.251 e. The third-order valence-corrected chi connectivity index (χ3v) is 4.73. The number of carbonyl (C=O) groups is 1. The van der Waals surface area contributed by atoms with Crippen LogP contribution in [0.15, 0.2) is 30.3 Å². The molecule has 0 atom stereocenters. The molecule has 0 spiro atoms. The monoisotopic (exact) mass is 381 g/mol. The summed E-state index contributed by atoms with van der Waals surface area (Å²) in [6.45, 7) is 1.31. The average molecular weight is 382 g/mol. The van der Waals surface area contributed by atoms with Crippen molar-refractivity contribution in [2.45, 2.75) is 12.5 Å². The van der Waals surface area contributed by atoms with Crippen molar-refractivity contribution in [3.63, 3.8) is 0 Å². The second kappa shape index (κ2) is 7.99. The van der Waals surface area contributed by atoms with Gasteiger partial charge in [0, 0.05) is 36.7 Å². The van der Waals surface area contributed by atoms with Crippen molar-refractivity contribution in [1.29, 1.82) is 0 Å². The summed E-state index contributed by atoms with van der Waals surface area (Å²) in [5.74, 6) is -1.00. The summed E-state index contributed by atoms with van der Waals surface area (Å²) in [6, 6.07) is 7.06. The van der Waals surface area contributed by atoms with Crippen molar-refractivity contribution in [2.24, 2.45) is 0 Å². The Morgan fingerprint density at radius 1 is 1.23 bits per heavy atom. The molecule has 3 N–H and O–H groups in total. The first-order valence-corrected chi connectivity index (χ1v) is 8.43. The Morgan fingerprint density at radius 2 is 1.92 bits per heavy atom. The van der Waals surface area contributed by atoms with Gasteiger partial charge in [0.2, 0.25) is 0 Å². The minimum atomic E-state index is -0.734. The molecule has 3 rings (SSSR count). The fraction of sp³-hybridized carbons (Fsp3) is 0.278. The standard InChI is InChI=1S/C18H18ClF2N3O2/c1-26-16-6-10(2-3-12(16)11-7-23-24-8-11)18(25)22-9-13-14(20)4-5-15(21)17(13)19/h2-6,11,23-24H,7-9H2,1H3,(H,22,25). The molecule has 0 aromatic heterocycles. The first kappa shape index (κ1) is 18.6. The molecule has 2 aromatic carbocycles. The van der Waals surface area contributed by atoms with Gasteiger partial charge in [-0.1, -0.05) is 17.7 Å². The summed E-state index contributed by atoms with van der Waals surface area (Å²) >= 11 is 5.77. The lowest BCUT2D eigenvalue weighted by molar-refractivity contribution is 0.0950. The van der Waals surface area contributed by atoms with Gasteiger partial charge in [0.05, 0.1) is 12.1 Å². The van der Waals surface area contributed by atoms with Crippen LogP contribution in [0.5, 0.6) is 5.75 Å². The molecule has 0 saturated carbocycles. The van der Waals surface area contributed by atoms with Crippen molar-refractivity contribution in [3.8, 4) is 5.75 Å². The molecule has 0 unspecified atom stereocenters. The van der Waals surface area contributed by atoms with Crippen LogP contribution in [0.2, 0.25) is 5.02 Å². The second-order valence-electron chi connectivity index (χ2n) is 5.92. The van der Waals surface area contributed by atoms with Gasteiger partial charge in [-0.15, -0.1) is 0 Å². The highest BCUT2D eigenvalue weighted by Gasteiger charge is 2.21. The Balaban J connectivity index is 1.75. The Kier molecular flexibility index (Phi) is 5.70. The first-order valence-electron chi connectivity index (χ1n) is 8.05. The van der Waals surface area contributed by atoms with Gasteiger partial charge in [-0.2, -0.15) is 0 Å². The molecule has 1 amide bonds. The van der Waals surface area contributed by atoms with Crippen molar-refractivity contribution in [3.05, 3.63) is 63.7 Å². The van der Waals surface area contributed by atoms with Crippen LogP contribution in [-0.4, -0.2) is 26.1 Å². The van der Waals surface area contributed by atoms with E-state index in [1.165, 1.54) is 7.11 Å². The highest BCUT2D eigenvalue weighted by atomic mass is 35.5. The average Bonchev–Trinajstić information content (AvgIpc) is 3.18. The summed E-state index contributed by atoms with van der Waals surface area (Å²) in [5.41, 5.74) is 7.35. The van der Waals surface area contributed by atoms with Gasteiger partial charge in [-0.05, 0) is 29.8 Å².